The minimum absolute atomic E-state index is 0.0461. The predicted octanol–water partition coefficient (Wildman–Crippen LogP) is 4.26. The van der Waals surface area contributed by atoms with Gasteiger partial charge in [0.2, 0.25) is 0 Å². The van der Waals surface area contributed by atoms with Gasteiger partial charge >= 0.3 is 5.63 Å². The number of carbonyl (C=O) groups excluding carboxylic acids is 1. The second-order valence-electron chi connectivity index (χ2n) is 7.49. The number of Topliss-reactive ketones (excluding diaryl/α,β-unsaturated/α-hetero) is 1. The van der Waals surface area contributed by atoms with Gasteiger partial charge in [0.05, 0.1) is 17.9 Å². The van der Waals surface area contributed by atoms with Gasteiger partial charge in [0.25, 0.3) is 0 Å². The van der Waals surface area contributed by atoms with Gasteiger partial charge in [-0.25, -0.2) is 9.78 Å². The minimum Gasteiger partial charge on any atom is -0.508 e. The lowest BCUT2D eigenvalue weighted by Crippen LogP contribution is -2.16. The Morgan fingerprint density at radius 3 is 2.53 bits per heavy atom. The standard InChI is InChI=1S/C26H18N4O5S/c1-2-34-17-7-4-14(5-8-17)23-19(11-27)24(29)30-25(20(23)12-28)36-13-21(32)18-9-15-3-6-16(31)10-22(15)35-26(18)33/h3-10,31H,2,13H2,1H3,(H2,29,30). The number of pyridine rings is 1. The monoisotopic (exact) mass is 498 g/mol. The van der Waals surface area contributed by atoms with Gasteiger partial charge in [0.15, 0.2) is 5.78 Å². The number of hydrogen-bond donors (Lipinski definition) is 2. The normalized spacial score (nSPS) is 10.5. The van der Waals surface area contributed by atoms with E-state index in [-0.39, 0.29) is 44.6 Å². The van der Waals surface area contributed by atoms with Crippen molar-refractivity contribution in [3.05, 3.63) is 75.6 Å². The number of phenolic OH excluding ortho intramolecular Hbond substituents is 1. The average molecular weight is 499 g/mol. The van der Waals surface area contributed by atoms with Gasteiger partial charge in [-0.15, -0.1) is 0 Å². The van der Waals surface area contributed by atoms with E-state index in [0.29, 0.717) is 28.9 Å². The lowest BCUT2D eigenvalue weighted by Gasteiger charge is -2.13. The highest BCUT2D eigenvalue weighted by Gasteiger charge is 2.22. The molecule has 9 nitrogen and oxygen atoms in total. The Balaban J connectivity index is 1.69. The number of aromatic hydroxyl groups is 1. The third-order valence-electron chi connectivity index (χ3n) is 5.23. The van der Waals surface area contributed by atoms with E-state index in [1.54, 1.807) is 24.3 Å². The molecule has 4 rings (SSSR count). The van der Waals surface area contributed by atoms with Crippen molar-refractivity contribution in [3.8, 4) is 34.8 Å². The molecule has 0 aliphatic rings. The van der Waals surface area contributed by atoms with Crippen molar-refractivity contribution in [2.75, 3.05) is 18.1 Å². The van der Waals surface area contributed by atoms with Crippen LogP contribution in [0.2, 0.25) is 0 Å². The van der Waals surface area contributed by atoms with Crippen LogP contribution in [0.15, 0.2) is 62.8 Å². The number of ketones is 1. The topological polar surface area (TPSA) is 163 Å². The number of hydrogen-bond acceptors (Lipinski definition) is 10. The summed E-state index contributed by atoms with van der Waals surface area (Å²) in [7, 11) is 0. The van der Waals surface area contributed by atoms with Crippen LogP contribution in [0.3, 0.4) is 0 Å². The molecule has 0 amide bonds. The number of nitrogen functional groups attached to an aromatic ring is 1. The minimum atomic E-state index is -0.846. The van der Waals surface area contributed by atoms with Crippen molar-refractivity contribution < 1.29 is 19.1 Å². The number of phenols is 1. The van der Waals surface area contributed by atoms with E-state index in [2.05, 4.69) is 11.1 Å². The van der Waals surface area contributed by atoms with Gasteiger partial charge in [-0.3, -0.25) is 4.79 Å². The van der Waals surface area contributed by atoms with E-state index < -0.39 is 11.4 Å². The van der Waals surface area contributed by atoms with Crippen molar-refractivity contribution in [1.29, 1.82) is 10.5 Å². The van der Waals surface area contributed by atoms with E-state index in [0.717, 1.165) is 11.8 Å². The molecule has 178 valence electrons. The molecule has 36 heavy (non-hydrogen) atoms. The van der Waals surface area contributed by atoms with E-state index in [1.807, 2.05) is 13.0 Å². The maximum atomic E-state index is 12.9. The lowest BCUT2D eigenvalue weighted by molar-refractivity contribution is 0.101. The number of carbonyl (C=O) groups is 1. The summed E-state index contributed by atoms with van der Waals surface area (Å²) in [5.74, 6) is -0.299. The first-order valence-corrected chi connectivity index (χ1v) is 11.6. The Hall–Kier alpha value is -4.80. The van der Waals surface area contributed by atoms with E-state index in [1.165, 1.54) is 24.3 Å². The molecule has 10 heteroatoms. The number of nitrogens with two attached hydrogens (primary N) is 1. The Bertz CT molecular complexity index is 1630. The zero-order valence-corrected chi connectivity index (χ0v) is 19.8. The molecule has 3 N–H and O–H groups in total. The number of thioether (sulfide) groups is 1. The largest absolute Gasteiger partial charge is 0.508 e. The summed E-state index contributed by atoms with van der Waals surface area (Å²) >= 11 is 0.927. The SMILES string of the molecule is CCOc1ccc(-c2c(C#N)c(N)nc(SCC(=O)c3cc4ccc(O)cc4oc3=O)c2C#N)cc1. The predicted molar refractivity (Wildman–Crippen MR) is 134 cm³/mol. The first-order valence-electron chi connectivity index (χ1n) is 10.7. The van der Waals surface area contributed by atoms with E-state index in [4.69, 9.17) is 14.9 Å². The summed E-state index contributed by atoms with van der Waals surface area (Å²) in [5, 5.41) is 29.8. The Labute approximate surface area is 209 Å². The van der Waals surface area contributed by atoms with Gasteiger partial charge in [-0.2, -0.15) is 10.5 Å². The second-order valence-corrected chi connectivity index (χ2v) is 8.45. The van der Waals surface area contributed by atoms with E-state index >= 15 is 0 Å². The zero-order chi connectivity index (χ0) is 25.8. The van der Waals surface area contributed by atoms with E-state index in [9.17, 15) is 25.2 Å². The Morgan fingerprint density at radius 2 is 1.86 bits per heavy atom. The number of fused-ring (bicyclic) bond motifs is 1. The first-order chi connectivity index (χ1) is 17.4. The van der Waals surface area contributed by atoms with Crippen LogP contribution in [0.4, 0.5) is 5.82 Å². The third-order valence-corrected chi connectivity index (χ3v) is 6.20. The Morgan fingerprint density at radius 1 is 1.14 bits per heavy atom. The second kappa shape index (κ2) is 10.2. The van der Waals surface area contributed by atoms with Crippen molar-refractivity contribution in [1.82, 2.24) is 4.98 Å². The fourth-order valence-electron chi connectivity index (χ4n) is 3.58. The Kier molecular flexibility index (Phi) is 6.91. The van der Waals surface area contributed by atoms with Crippen molar-refractivity contribution in [2.24, 2.45) is 0 Å². The first kappa shape index (κ1) is 24.3. The van der Waals surface area contributed by atoms with Gasteiger partial charge in [-0.05, 0) is 42.8 Å². The molecule has 4 aromatic rings. The molecule has 0 unspecified atom stereocenters. The molecular formula is C26H18N4O5S. The van der Waals surface area contributed by atoms with Gasteiger partial charge < -0.3 is 20.0 Å². The molecule has 0 spiro atoms. The van der Waals surface area contributed by atoms with Crippen LogP contribution in [0, 0.1) is 22.7 Å². The molecule has 2 aromatic carbocycles. The molecule has 0 saturated heterocycles. The smallest absolute Gasteiger partial charge is 0.347 e. The maximum absolute atomic E-state index is 12.9. The van der Waals surface area contributed by atoms with Crippen LogP contribution >= 0.6 is 11.8 Å². The van der Waals surface area contributed by atoms with Crippen LogP contribution in [0.25, 0.3) is 22.1 Å². The third kappa shape index (κ3) is 4.71. The maximum Gasteiger partial charge on any atom is 0.347 e. The van der Waals surface area contributed by atoms with Crippen LogP contribution in [-0.4, -0.2) is 28.2 Å². The highest BCUT2D eigenvalue weighted by Crippen LogP contribution is 2.36. The molecule has 0 atom stereocenters. The summed E-state index contributed by atoms with van der Waals surface area (Å²) in [4.78, 5) is 29.4. The fraction of sp³-hybridized carbons (Fsp3) is 0.115. The molecule has 0 radical (unpaired) electrons. The number of anilines is 1. The average Bonchev–Trinajstić information content (AvgIpc) is 2.87. The molecule has 0 aliphatic carbocycles. The zero-order valence-electron chi connectivity index (χ0n) is 18.9. The molecular weight excluding hydrogens is 480 g/mol. The van der Waals surface area contributed by atoms with Crippen molar-refractivity contribution in [3.63, 3.8) is 0 Å². The van der Waals surface area contributed by atoms with Crippen LogP contribution < -0.4 is 16.1 Å². The summed E-state index contributed by atoms with van der Waals surface area (Å²) in [6.45, 7) is 2.35. The molecule has 0 saturated carbocycles. The molecule has 0 fully saturated rings. The molecule has 0 bridgehead atoms. The molecule has 2 heterocycles. The number of nitriles is 2. The van der Waals surface area contributed by atoms with Crippen LogP contribution in [0.5, 0.6) is 11.5 Å². The summed E-state index contributed by atoms with van der Waals surface area (Å²) < 4.78 is 10.6. The van der Waals surface area contributed by atoms with Gasteiger partial charge in [0.1, 0.15) is 51.2 Å². The molecule has 2 aromatic heterocycles. The van der Waals surface area contributed by atoms with Gasteiger partial charge in [0, 0.05) is 17.0 Å². The quantitative estimate of drug-likeness (QED) is 0.214. The summed E-state index contributed by atoms with van der Waals surface area (Å²) in [5.41, 5.74) is 6.16. The number of rotatable bonds is 7. The highest BCUT2D eigenvalue weighted by atomic mass is 32.2. The van der Waals surface area contributed by atoms with Crippen LogP contribution in [0.1, 0.15) is 28.4 Å². The fourth-order valence-corrected chi connectivity index (χ4v) is 4.46. The molecule has 0 aliphatic heterocycles. The summed E-state index contributed by atoms with van der Waals surface area (Å²) in [6, 6.07) is 16.5. The van der Waals surface area contributed by atoms with Crippen LogP contribution in [-0.2, 0) is 0 Å². The number of nitrogens with zero attached hydrogens (tertiary/aromatic N) is 3. The number of ether oxygens (including phenoxy) is 1. The number of benzene rings is 2. The van der Waals surface area contributed by atoms with Crippen molar-refractivity contribution >= 4 is 34.3 Å². The highest BCUT2D eigenvalue weighted by molar-refractivity contribution is 8.00. The number of aromatic nitrogens is 1. The van der Waals surface area contributed by atoms with Gasteiger partial charge in [-0.1, -0.05) is 23.9 Å². The lowest BCUT2D eigenvalue weighted by atomic mass is 9.97. The van der Waals surface area contributed by atoms with Crippen molar-refractivity contribution in [2.45, 2.75) is 11.9 Å². The summed E-state index contributed by atoms with van der Waals surface area (Å²) in [6.07, 6.45) is 0.